The minimum absolute atomic E-state index is 0.888. The molecule has 0 atom stereocenters. The van der Waals surface area contributed by atoms with Crippen LogP contribution in [0.4, 0.5) is 5.82 Å². The summed E-state index contributed by atoms with van der Waals surface area (Å²) in [5, 5.41) is 9.25. The Hall–Kier alpha value is -1.07. The molecule has 1 fully saturated rings. The maximum absolute atomic E-state index is 4.65. The van der Waals surface area contributed by atoms with Crippen LogP contribution in [0.1, 0.15) is 6.42 Å². The minimum atomic E-state index is 0.888. The second kappa shape index (κ2) is 4.31. The van der Waals surface area contributed by atoms with Crippen molar-refractivity contribution >= 4 is 32.7 Å². The number of nitrogens with one attached hydrogen (secondary N) is 1. The van der Waals surface area contributed by atoms with E-state index in [9.17, 15) is 0 Å². The number of aromatic nitrogens is 2. The molecule has 17 heavy (non-hydrogen) atoms. The molecule has 1 aromatic carbocycles. The summed E-state index contributed by atoms with van der Waals surface area (Å²) in [6.45, 7) is 3.06. The van der Waals surface area contributed by atoms with Gasteiger partial charge in [-0.15, -0.1) is 0 Å². The van der Waals surface area contributed by atoms with Crippen molar-refractivity contribution in [2.45, 2.75) is 6.42 Å². The van der Waals surface area contributed by atoms with E-state index in [0.29, 0.717) is 0 Å². The molecule has 90 valence electrons. The van der Waals surface area contributed by atoms with E-state index in [4.69, 9.17) is 0 Å². The highest BCUT2D eigenvalue weighted by atomic mass is 79.9. The van der Waals surface area contributed by atoms with E-state index in [0.717, 1.165) is 35.6 Å². The second-order valence-electron chi connectivity index (χ2n) is 4.36. The highest BCUT2D eigenvalue weighted by molar-refractivity contribution is 9.10. The van der Waals surface area contributed by atoms with Crippen molar-refractivity contribution < 1.29 is 0 Å². The lowest BCUT2D eigenvalue weighted by Crippen LogP contribution is -2.41. The molecule has 0 radical (unpaired) electrons. The van der Waals surface area contributed by atoms with Gasteiger partial charge < -0.3 is 4.90 Å². The van der Waals surface area contributed by atoms with Gasteiger partial charge >= 0.3 is 0 Å². The Bertz CT molecular complexity index is 543. The summed E-state index contributed by atoms with van der Waals surface area (Å²) in [6, 6.07) is 6.26. The molecule has 0 aliphatic carbocycles. The molecule has 1 N–H and O–H groups in total. The van der Waals surface area contributed by atoms with E-state index in [-0.39, 0.29) is 0 Å². The quantitative estimate of drug-likeness (QED) is 0.874. The van der Waals surface area contributed by atoms with Crippen molar-refractivity contribution in [2.24, 2.45) is 7.05 Å². The first-order valence-electron chi connectivity index (χ1n) is 5.84. The van der Waals surface area contributed by atoms with Crippen molar-refractivity contribution in [1.29, 1.82) is 0 Å². The van der Waals surface area contributed by atoms with Crippen LogP contribution in [-0.4, -0.2) is 29.5 Å². The smallest absolute Gasteiger partial charge is 0.159 e. The summed E-state index contributed by atoms with van der Waals surface area (Å²) in [6.07, 6.45) is 1.17. The van der Waals surface area contributed by atoms with Gasteiger partial charge in [0.25, 0.3) is 0 Å². The molecule has 1 aliphatic heterocycles. The first-order chi connectivity index (χ1) is 8.27. The zero-order chi connectivity index (χ0) is 11.8. The molecule has 3 rings (SSSR count). The molecule has 0 saturated carbocycles. The molecule has 2 heterocycles. The summed E-state index contributed by atoms with van der Waals surface area (Å²) < 4.78 is 3.05. The summed E-state index contributed by atoms with van der Waals surface area (Å²) in [5.74, 6) is 1.08. The van der Waals surface area contributed by atoms with E-state index >= 15 is 0 Å². The monoisotopic (exact) mass is 294 g/mol. The van der Waals surface area contributed by atoms with Gasteiger partial charge in [-0.05, 0) is 41.0 Å². The van der Waals surface area contributed by atoms with Gasteiger partial charge in [-0.3, -0.25) is 10.00 Å². The predicted molar refractivity (Wildman–Crippen MR) is 73.2 cm³/mol. The zero-order valence-corrected chi connectivity index (χ0v) is 11.4. The Balaban J connectivity index is 2.13. The van der Waals surface area contributed by atoms with Gasteiger partial charge in [0, 0.05) is 23.5 Å². The number of rotatable bonds is 1. The highest BCUT2D eigenvalue weighted by Crippen LogP contribution is 2.30. The zero-order valence-electron chi connectivity index (χ0n) is 9.78. The number of hydrogen-bond donors (Lipinski definition) is 1. The summed E-state index contributed by atoms with van der Waals surface area (Å²) in [7, 11) is 1.99. The maximum atomic E-state index is 4.65. The Morgan fingerprint density at radius 1 is 1.41 bits per heavy atom. The molecule has 4 nitrogen and oxygen atoms in total. The van der Waals surface area contributed by atoms with Crippen molar-refractivity contribution in [3.63, 3.8) is 0 Å². The molecule has 1 saturated heterocycles. The largest absolute Gasteiger partial charge is 0.342 e. The fourth-order valence-electron chi connectivity index (χ4n) is 2.37. The Labute approximate surface area is 109 Å². The summed E-state index contributed by atoms with van der Waals surface area (Å²) in [4.78, 5) is 2.30. The number of aryl methyl sites for hydroxylation is 1. The van der Waals surface area contributed by atoms with Crippen LogP contribution < -0.4 is 10.2 Å². The van der Waals surface area contributed by atoms with Crippen LogP contribution >= 0.6 is 15.9 Å². The third-order valence-corrected chi connectivity index (χ3v) is 3.82. The molecule has 0 amide bonds. The lowest BCUT2D eigenvalue weighted by molar-refractivity contribution is 0.547. The van der Waals surface area contributed by atoms with E-state index in [1.54, 1.807) is 0 Å². The minimum Gasteiger partial charge on any atom is -0.342 e. The van der Waals surface area contributed by atoms with Gasteiger partial charge in [0.05, 0.1) is 12.2 Å². The fraction of sp³-hybridized carbons (Fsp3) is 0.417. The summed E-state index contributed by atoms with van der Waals surface area (Å²) >= 11 is 3.59. The van der Waals surface area contributed by atoms with Crippen LogP contribution in [0.3, 0.4) is 0 Å². The van der Waals surface area contributed by atoms with E-state index in [1.165, 1.54) is 11.8 Å². The average Bonchev–Trinajstić information content (AvgIpc) is 2.69. The third kappa shape index (κ3) is 1.83. The van der Waals surface area contributed by atoms with Crippen LogP contribution in [0.25, 0.3) is 10.9 Å². The molecule has 1 aromatic heterocycles. The predicted octanol–water partition coefficient (Wildman–Crippen LogP) is 2.09. The first kappa shape index (κ1) is 11.0. The standard InChI is InChI=1S/C12H15BrN4/c1-16-11-9(4-2-5-10(11)13)12(15-16)17-7-3-6-14-8-17/h2,4-5,14H,3,6-8H2,1H3. The van der Waals surface area contributed by atoms with Gasteiger partial charge in [0.1, 0.15) is 0 Å². The highest BCUT2D eigenvalue weighted by Gasteiger charge is 2.18. The Kier molecular flexibility index (Phi) is 2.80. The van der Waals surface area contributed by atoms with Crippen molar-refractivity contribution in [1.82, 2.24) is 15.1 Å². The number of hydrogen-bond acceptors (Lipinski definition) is 3. The molecule has 0 bridgehead atoms. The number of fused-ring (bicyclic) bond motifs is 1. The average molecular weight is 295 g/mol. The number of benzene rings is 1. The number of anilines is 1. The molecular formula is C12H15BrN4. The maximum Gasteiger partial charge on any atom is 0.159 e. The molecule has 2 aromatic rings. The van der Waals surface area contributed by atoms with Crippen LogP contribution in [0.2, 0.25) is 0 Å². The fourth-order valence-corrected chi connectivity index (χ4v) is 3.00. The van der Waals surface area contributed by atoms with Crippen LogP contribution in [0, 0.1) is 0 Å². The number of halogens is 1. The lowest BCUT2D eigenvalue weighted by atomic mass is 10.2. The number of para-hydroxylation sites is 1. The third-order valence-electron chi connectivity index (χ3n) is 3.18. The lowest BCUT2D eigenvalue weighted by Gasteiger charge is -2.27. The van der Waals surface area contributed by atoms with Crippen LogP contribution in [0.15, 0.2) is 22.7 Å². The van der Waals surface area contributed by atoms with Crippen LogP contribution in [0.5, 0.6) is 0 Å². The molecule has 5 heteroatoms. The van der Waals surface area contributed by atoms with Crippen molar-refractivity contribution in [2.75, 3.05) is 24.7 Å². The molecule has 0 spiro atoms. The van der Waals surface area contributed by atoms with Gasteiger partial charge in [-0.2, -0.15) is 5.10 Å². The van der Waals surface area contributed by atoms with E-state index in [2.05, 4.69) is 49.4 Å². The van der Waals surface area contributed by atoms with Gasteiger partial charge in [0.15, 0.2) is 5.82 Å². The normalized spacial score (nSPS) is 16.7. The molecule has 1 aliphatic rings. The van der Waals surface area contributed by atoms with Crippen LogP contribution in [-0.2, 0) is 7.05 Å². The number of nitrogens with zero attached hydrogens (tertiary/aromatic N) is 3. The first-order valence-corrected chi connectivity index (χ1v) is 6.63. The molecule has 0 unspecified atom stereocenters. The topological polar surface area (TPSA) is 33.1 Å². The van der Waals surface area contributed by atoms with Crippen molar-refractivity contribution in [3.8, 4) is 0 Å². The van der Waals surface area contributed by atoms with E-state index in [1.807, 2.05) is 11.7 Å². The van der Waals surface area contributed by atoms with Crippen molar-refractivity contribution in [3.05, 3.63) is 22.7 Å². The Morgan fingerprint density at radius 3 is 3.06 bits per heavy atom. The summed E-state index contributed by atoms with van der Waals surface area (Å²) in [5.41, 5.74) is 1.16. The van der Waals surface area contributed by atoms with E-state index < -0.39 is 0 Å². The second-order valence-corrected chi connectivity index (χ2v) is 5.21. The molecular weight excluding hydrogens is 280 g/mol. The van der Waals surface area contributed by atoms with Gasteiger partial charge in [-0.1, -0.05) is 6.07 Å². The van der Waals surface area contributed by atoms with Gasteiger partial charge in [-0.25, -0.2) is 0 Å². The SMILES string of the molecule is Cn1nc(N2CCCNC2)c2cccc(Br)c21. The Morgan fingerprint density at radius 2 is 2.29 bits per heavy atom. The van der Waals surface area contributed by atoms with Gasteiger partial charge in [0.2, 0.25) is 0 Å².